The smallest absolute Gasteiger partial charge is 0.306 e. The van der Waals surface area contributed by atoms with Crippen LogP contribution in [0.5, 0.6) is 0 Å². The average Bonchev–Trinajstić information content (AvgIpc) is 2.99. The van der Waals surface area contributed by atoms with E-state index in [2.05, 4.69) is 0 Å². The number of carbonyl (C=O) groups excluding carboxylic acids is 1. The van der Waals surface area contributed by atoms with Crippen molar-refractivity contribution in [3.63, 3.8) is 0 Å². The second kappa shape index (κ2) is 6.63. The first-order valence-electron chi connectivity index (χ1n) is 7.91. The Balaban J connectivity index is 1.53. The number of hydrogen-bond acceptors (Lipinski definition) is 4. The molecule has 4 unspecified atom stereocenters. The summed E-state index contributed by atoms with van der Waals surface area (Å²) in [6.45, 7) is 0. The second-order valence-electron chi connectivity index (χ2n) is 6.25. The predicted octanol–water partition coefficient (Wildman–Crippen LogP) is 1.85. The summed E-state index contributed by atoms with van der Waals surface area (Å²) in [5.41, 5.74) is 1.20. The van der Waals surface area contributed by atoms with Gasteiger partial charge in [-0.2, -0.15) is 0 Å². The lowest BCUT2D eigenvalue weighted by Crippen LogP contribution is -2.18. The first kappa shape index (κ1) is 15.3. The van der Waals surface area contributed by atoms with Gasteiger partial charge in [0.25, 0.3) is 0 Å². The van der Waals surface area contributed by atoms with Gasteiger partial charge in [-0.1, -0.05) is 42.5 Å². The standard InChI is InChI=1S/C18H22O4/c19-13(7-6-12-4-2-1-3-5-12)8-9-14-15-10-18(21)22-17(15)11-16(14)20/h1-5,8-9,13-17,19-20H,6-7,10-11H2/b9-8+/t13-,14?,15?,16?,17?/m0/s1. The third-order valence-electron chi connectivity index (χ3n) is 4.70. The zero-order valence-corrected chi connectivity index (χ0v) is 12.5. The normalized spacial score (nSPS) is 32.2. The Kier molecular flexibility index (Phi) is 4.60. The molecule has 1 aromatic rings. The maximum absolute atomic E-state index is 11.3. The van der Waals surface area contributed by atoms with Crippen molar-refractivity contribution in [2.45, 2.75) is 44.0 Å². The largest absolute Gasteiger partial charge is 0.462 e. The first-order chi connectivity index (χ1) is 10.6. The van der Waals surface area contributed by atoms with Gasteiger partial charge in [-0.3, -0.25) is 4.79 Å². The van der Waals surface area contributed by atoms with Gasteiger partial charge in [0.2, 0.25) is 0 Å². The van der Waals surface area contributed by atoms with Crippen LogP contribution in [0.25, 0.3) is 0 Å². The summed E-state index contributed by atoms with van der Waals surface area (Å²) in [6.07, 6.45) is 4.78. The first-order valence-corrected chi connectivity index (χ1v) is 7.91. The van der Waals surface area contributed by atoms with Crippen molar-refractivity contribution in [2.75, 3.05) is 0 Å². The molecule has 1 aliphatic heterocycles. The van der Waals surface area contributed by atoms with Gasteiger partial charge in [0.05, 0.1) is 18.6 Å². The number of rotatable bonds is 5. The van der Waals surface area contributed by atoms with Gasteiger partial charge in [0.15, 0.2) is 0 Å². The third kappa shape index (κ3) is 3.39. The Hall–Kier alpha value is -1.65. The van der Waals surface area contributed by atoms with Crippen LogP contribution < -0.4 is 0 Å². The summed E-state index contributed by atoms with van der Waals surface area (Å²) < 4.78 is 5.20. The van der Waals surface area contributed by atoms with E-state index in [0.29, 0.717) is 19.3 Å². The topological polar surface area (TPSA) is 66.8 Å². The molecule has 0 spiro atoms. The molecular formula is C18H22O4. The minimum absolute atomic E-state index is 0.0556. The van der Waals surface area contributed by atoms with Crippen LogP contribution in [0.3, 0.4) is 0 Å². The van der Waals surface area contributed by atoms with E-state index in [4.69, 9.17) is 4.74 Å². The van der Waals surface area contributed by atoms with Crippen LogP contribution in [0.4, 0.5) is 0 Å². The van der Waals surface area contributed by atoms with E-state index in [-0.39, 0.29) is 23.9 Å². The van der Waals surface area contributed by atoms with Crippen LogP contribution in [-0.2, 0) is 16.0 Å². The van der Waals surface area contributed by atoms with Crippen molar-refractivity contribution < 1.29 is 19.7 Å². The molecule has 4 heteroatoms. The number of aliphatic hydroxyl groups is 2. The third-order valence-corrected chi connectivity index (χ3v) is 4.70. The van der Waals surface area contributed by atoms with Crippen molar-refractivity contribution in [3.8, 4) is 0 Å². The number of hydrogen-bond donors (Lipinski definition) is 2. The fourth-order valence-electron chi connectivity index (χ4n) is 3.50. The quantitative estimate of drug-likeness (QED) is 0.643. The second-order valence-corrected chi connectivity index (χ2v) is 6.25. The molecular weight excluding hydrogens is 280 g/mol. The molecule has 0 amide bonds. The van der Waals surface area contributed by atoms with E-state index in [1.807, 2.05) is 36.4 Å². The maximum Gasteiger partial charge on any atom is 0.306 e. The zero-order valence-electron chi connectivity index (χ0n) is 12.5. The van der Waals surface area contributed by atoms with Crippen LogP contribution in [0.2, 0.25) is 0 Å². The monoisotopic (exact) mass is 302 g/mol. The lowest BCUT2D eigenvalue weighted by molar-refractivity contribution is -0.141. The van der Waals surface area contributed by atoms with Gasteiger partial charge in [-0.15, -0.1) is 0 Å². The Morgan fingerprint density at radius 3 is 2.86 bits per heavy atom. The van der Waals surface area contributed by atoms with E-state index in [0.717, 1.165) is 6.42 Å². The van der Waals surface area contributed by atoms with Gasteiger partial charge in [0.1, 0.15) is 6.10 Å². The van der Waals surface area contributed by atoms with Crippen LogP contribution >= 0.6 is 0 Å². The number of carbonyl (C=O) groups is 1. The van der Waals surface area contributed by atoms with Crippen molar-refractivity contribution >= 4 is 5.97 Å². The van der Waals surface area contributed by atoms with Crippen LogP contribution in [0.1, 0.15) is 24.8 Å². The summed E-state index contributed by atoms with van der Waals surface area (Å²) in [7, 11) is 0. The minimum atomic E-state index is -0.538. The fourth-order valence-corrected chi connectivity index (χ4v) is 3.50. The van der Waals surface area contributed by atoms with Gasteiger partial charge < -0.3 is 14.9 Å². The lowest BCUT2D eigenvalue weighted by atomic mass is 9.91. The average molecular weight is 302 g/mol. The number of fused-ring (bicyclic) bond motifs is 1. The number of ether oxygens (including phenoxy) is 1. The molecule has 2 aliphatic rings. The molecule has 118 valence electrons. The Labute approximate surface area is 130 Å². The van der Waals surface area contributed by atoms with E-state index in [1.54, 1.807) is 6.08 Å². The highest BCUT2D eigenvalue weighted by Crippen LogP contribution is 2.42. The minimum Gasteiger partial charge on any atom is -0.462 e. The summed E-state index contributed by atoms with van der Waals surface area (Å²) >= 11 is 0. The van der Waals surface area contributed by atoms with Crippen LogP contribution in [0.15, 0.2) is 42.5 Å². The number of esters is 1. The van der Waals surface area contributed by atoms with E-state index >= 15 is 0 Å². The zero-order chi connectivity index (χ0) is 15.5. The molecule has 2 N–H and O–H groups in total. The highest BCUT2D eigenvalue weighted by molar-refractivity contribution is 5.72. The molecule has 5 atom stereocenters. The fraction of sp³-hybridized carbons (Fsp3) is 0.500. The number of benzene rings is 1. The molecule has 22 heavy (non-hydrogen) atoms. The predicted molar refractivity (Wildman–Crippen MR) is 82.0 cm³/mol. The summed E-state index contributed by atoms with van der Waals surface area (Å²) in [6, 6.07) is 10.0. The molecule has 0 bridgehead atoms. The highest BCUT2D eigenvalue weighted by atomic mass is 16.6. The summed E-state index contributed by atoms with van der Waals surface area (Å²) in [5, 5.41) is 20.2. The molecule has 0 radical (unpaired) electrons. The van der Waals surface area contributed by atoms with Gasteiger partial charge >= 0.3 is 5.97 Å². The van der Waals surface area contributed by atoms with Crippen molar-refractivity contribution in [3.05, 3.63) is 48.0 Å². The Morgan fingerprint density at radius 2 is 2.09 bits per heavy atom. The van der Waals surface area contributed by atoms with E-state index in [9.17, 15) is 15.0 Å². The maximum atomic E-state index is 11.3. The van der Waals surface area contributed by atoms with Crippen molar-refractivity contribution in [2.24, 2.45) is 11.8 Å². The molecule has 2 fully saturated rings. The lowest BCUT2D eigenvalue weighted by Gasteiger charge is -2.15. The van der Waals surface area contributed by atoms with Gasteiger partial charge in [0, 0.05) is 18.3 Å². The molecule has 4 nitrogen and oxygen atoms in total. The van der Waals surface area contributed by atoms with Crippen molar-refractivity contribution in [1.82, 2.24) is 0 Å². The van der Waals surface area contributed by atoms with E-state index in [1.165, 1.54) is 5.56 Å². The molecule has 1 saturated heterocycles. The summed E-state index contributed by atoms with van der Waals surface area (Å²) in [4.78, 5) is 11.3. The van der Waals surface area contributed by atoms with Crippen molar-refractivity contribution in [1.29, 1.82) is 0 Å². The van der Waals surface area contributed by atoms with E-state index < -0.39 is 12.2 Å². The number of aryl methyl sites for hydroxylation is 1. The highest BCUT2D eigenvalue weighted by Gasteiger charge is 2.48. The molecule has 1 saturated carbocycles. The molecule has 0 aromatic heterocycles. The Bertz CT molecular complexity index is 539. The molecule has 1 aliphatic carbocycles. The van der Waals surface area contributed by atoms with Gasteiger partial charge in [-0.05, 0) is 18.4 Å². The molecule has 1 aromatic carbocycles. The molecule has 3 rings (SSSR count). The summed E-state index contributed by atoms with van der Waals surface area (Å²) in [5.74, 6) is -0.215. The SMILES string of the molecule is O=C1CC2C(CC(O)C2/C=C/[C@@H](O)CCc2ccccc2)O1. The van der Waals surface area contributed by atoms with Crippen LogP contribution in [0, 0.1) is 11.8 Å². The molecule has 1 heterocycles. The van der Waals surface area contributed by atoms with Gasteiger partial charge in [-0.25, -0.2) is 0 Å². The van der Waals surface area contributed by atoms with Crippen LogP contribution in [-0.4, -0.2) is 34.5 Å². The number of aliphatic hydroxyl groups excluding tert-OH is 2. The Morgan fingerprint density at radius 1 is 1.32 bits per heavy atom.